The Bertz CT molecular complexity index is 420. The third-order valence-electron chi connectivity index (χ3n) is 3.59. The van der Waals surface area contributed by atoms with Crippen LogP contribution in [0.2, 0.25) is 0 Å². The highest BCUT2D eigenvalue weighted by Crippen LogP contribution is 2.22. The van der Waals surface area contributed by atoms with Crippen LogP contribution in [-0.2, 0) is 6.54 Å². The van der Waals surface area contributed by atoms with Crippen molar-refractivity contribution < 1.29 is 9.13 Å². The Hall–Kier alpha value is -1.20. The minimum absolute atomic E-state index is 0.311. The largest absolute Gasteiger partial charge is 0.476 e. The van der Waals surface area contributed by atoms with Gasteiger partial charge in [0.25, 0.3) is 0 Å². The first-order chi connectivity index (χ1) is 9.72. The van der Waals surface area contributed by atoms with E-state index in [-0.39, 0.29) is 5.82 Å². The molecule has 1 fully saturated rings. The van der Waals surface area contributed by atoms with Crippen molar-refractivity contribution >= 4 is 0 Å². The Morgan fingerprint density at radius 1 is 1.40 bits per heavy atom. The molecular weight excluding hydrogens is 257 g/mol. The number of pyridine rings is 1. The fraction of sp³-hybridized carbons (Fsp3) is 0.667. The van der Waals surface area contributed by atoms with Gasteiger partial charge in [0, 0.05) is 24.7 Å². The van der Waals surface area contributed by atoms with Gasteiger partial charge in [0.2, 0.25) is 5.88 Å². The van der Waals surface area contributed by atoms with Gasteiger partial charge in [-0.15, -0.1) is 0 Å². The van der Waals surface area contributed by atoms with Crippen molar-refractivity contribution in [3.8, 4) is 5.88 Å². The second-order valence-electron chi connectivity index (χ2n) is 5.15. The van der Waals surface area contributed by atoms with Crippen LogP contribution in [0.1, 0.15) is 32.3 Å². The van der Waals surface area contributed by atoms with Gasteiger partial charge in [-0.25, -0.2) is 9.37 Å². The van der Waals surface area contributed by atoms with E-state index in [4.69, 9.17) is 4.74 Å². The molecule has 1 N–H and O–H groups in total. The van der Waals surface area contributed by atoms with E-state index in [1.54, 1.807) is 0 Å². The van der Waals surface area contributed by atoms with E-state index in [1.165, 1.54) is 25.1 Å². The van der Waals surface area contributed by atoms with Gasteiger partial charge in [-0.2, -0.15) is 0 Å². The first kappa shape index (κ1) is 15.2. The first-order valence-electron chi connectivity index (χ1n) is 7.45. The molecule has 0 aromatic carbocycles. The number of nitrogens with one attached hydrogen (secondary N) is 1. The van der Waals surface area contributed by atoms with E-state index in [2.05, 4.69) is 29.0 Å². The van der Waals surface area contributed by atoms with Crippen molar-refractivity contribution in [1.29, 1.82) is 0 Å². The summed E-state index contributed by atoms with van der Waals surface area (Å²) in [6.45, 7) is 8.34. The fourth-order valence-corrected chi connectivity index (χ4v) is 2.08. The summed E-state index contributed by atoms with van der Waals surface area (Å²) in [6, 6.07) is 2.09. The molecule has 0 amide bonds. The van der Waals surface area contributed by atoms with Crippen LogP contribution in [0.4, 0.5) is 4.39 Å². The standard InChI is InChI=1S/C15H24FN3O/c1-3-19(4-2)7-8-20-15-12(9-13(16)11-18-15)10-17-14-5-6-14/h9,11,14,17H,3-8,10H2,1-2H3. The molecule has 0 saturated heterocycles. The van der Waals surface area contributed by atoms with Crippen molar-refractivity contribution in [2.75, 3.05) is 26.2 Å². The lowest BCUT2D eigenvalue weighted by Crippen LogP contribution is -2.28. The highest BCUT2D eigenvalue weighted by atomic mass is 19.1. The molecule has 1 saturated carbocycles. The van der Waals surface area contributed by atoms with Crippen LogP contribution in [0.25, 0.3) is 0 Å². The molecule has 0 bridgehead atoms. The van der Waals surface area contributed by atoms with E-state index in [0.29, 0.717) is 25.1 Å². The minimum Gasteiger partial charge on any atom is -0.476 e. The monoisotopic (exact) mass is 281 g/mol. The molecular formula is C15H24FN3O. The molecule has 0 atom stereocenters. The van der Waals surface area contributed by atoms with Gasteiger partial charge in [-0.3, -0.25) is 0 Å². The molecule has 112 valence electrons. The zero-order valence-electron chi connectivity index (χ0n) is 12.4. The van der Waals surface area contributed by atoms with Crippen LogP contribution >= 0.6 is 0 Å². The van der Waals surface area contributed by atoms with E-state index in [9.17, 15) is 4.39 Å². The third kappa shape index (κ3) is 4.72. The Balaban J connectivity index is 1.87. The van der Waals surface area contributed by atoms with Crippen LogP contribution in [-0.4, -0.2) is 42.2 Å². The molecule has 1 aliphatic carbocycles. The van der Waals surface area contributed by atoms with Crippen LogP contribution in [0.5, 0.6) is 5.88 Å². The molecule has 0 aliphatic heterocycles. The lowest BCUT2D eigenvalue weighted by molar-refractivity contribution is 0.216. The molecule has 1 aromatic heterocycles. The Morgan fingerprint density at radius 3 is 2.80 bits per heavy atom. The average Bonchev–Trinajstić information content (AvgIpc) is 3.27. The Labute approximate surface area is 120 Å². The maximum absolute atomic E-state index is 13.3. The summed E-state index contributed by atoms with van der Waals surface area (Å²) < 4.78 is 19.0. The number of hydrogen-bond acceptors (Lipinski definition) is 4. The zero-order chi connectivity index (χ0) is 14.4. The van der Waals surface area contributed by atoms with Crippen LogP contribution < -0.4 is 10.1 Å². The number of nitrogens with zero attached hydrogens (tertiary/aromatic N) is 2. The van der Waals surface area contributed by atoms with E-state index in [1.807, 2.05) is 0 Å². The van der Waals surface area contributed by atoms with E-state index < -0.39 is 0 Å². The van der Waals surface area contributed by atoms with Crippen molar-refractivity contribution in [2.45, 2.75) is 39.3 Å². The van der Waals surface area contributed by atoms with Crippen molar-refractivity contribution in [1.82, 2.24) is 15.2 Å². The predicted octanol–water partition coefficient (Wildman–Crippen LogP) is 2.19. The van der Waals surface area contributed by atoms with Gasteiger partial charge in [0.15, 0.2) is 0 Å². The van der Waals surface area contributed by atoms with Gasteiger partial charge < -0.3 is 15.0 Å². The smallest absolute Gasteiger partial charge is 0.218 e. The third-order valence-corrected chi connectivity index (χ3v) is 3.59. The highest BCUT2D eigenvalue weighted by molar-refractivity contribution is 5.26. The average molecular weight is 281 g/mol. The Kier molecular flexibility index (Phi) is 5.73. The lowest BCUT2D eigenvalue weighted by Gasteiger charge is -2.18. The maximum Gasteiger partial charge on any atom is 0.218 e. The van der Waals surface area contributed by atoms with Gasteiger partial charge in [0.1, 0.15) is 12.4 Å². The highest BCUT2D eigenvalue weighted by Gasteiger charge is 2.21. The second kappa shape index (κ2) is 7.55. The topological polar surface area (TPSA) is 37.4 Å². The number of rotatable bonds is 9. The number of aromatic nitrogens is 1. The summed E-state index contributed by atoms with van der Waals surface area (Å²) >= 11 is 0. The van der Waals surface area contributed by atoms with Crippen molar-refractivity contribution in [3.63, 3.8) is 0 Å². The normalized spacial score (nSPS) is 14.8. The molecule has 5 heteroatoms. The van der Waals surface area contributed by atoms with Crippen LogP contribution in [0.3, 0.4) is 0 Å². The Morgan fingerprint density at radius 2 is 2.15 bits per heavy atom. The molecule has 1 aromatic rings. The van der Waals surface area contributed by atoms with Gasteiger partial charge in [-0.05, 0) is 32.0 Å². The maximum atomic E-state index is 13.3. The SMILES string of the molecule is CCN(CC)CCOc1ncc(F)cc1CNC1CC1. The van der Waals surface area contributed by atoms with Gasteiger partial charge >= 0.3 is 0 Å². The molecule has 0 unspecified atom stereocenters. The summed E-state index contributed by atoms with van der Waals surface area (Å²) in [7, 11) is 0. The van der Waals surface area contributed by atoms with Gasteiger partial charge in [-0.1, -0.05) is 13.8 Å². The van der Waals surface area contributed by atoms with Gasteiger partial charge in [0.05, 0.1) is 6.20 Å². The second-order valence-corrected chi connectivity index (χ2v) is 5.15. The number of likely N-dealkylation sites (N-methyl/N-ethyl adjacent to an activating group) is 1. The minimum atomic E-state index is -0.311. The molecule has 1 heterocycles. The molecule has 1 aliphatic rings. The van der Waals surface area contributed by atoms with E-state index >= 15 is 0 Å². The summed E-state index contributed by atoms with van der Waals surface area (Å²) in [5.41, 5.74) is 0.802. The molecule has 20 heavy (non-hydrogen) atoms. The predicted molar refractivity (Wildman–Crippen MR) is 77.3 cm³/mol. The first-order valence-corrected chi connectivity index (χ1v) is 7.45. The zero-order valence-corrected chi connectivity index (χ0v) is 12.4. The number of hydrogen-bond donors (Lipinski definition) is 1. The quantitative estimate of drug-likeness (QED) is 0.753. The molecule has 0 radical (unpaired) electrons. The molecule has 4 nitrogen and oxygen atoms in total. The molecule has 2 rings (SSSR count). The van der Waals surface area contributed by atoms with Crippen LogP contribution in [0, 0.1) is 5.82 Å². The molecule has 0 spiro atoms. The van der Waals surface area contributed by atoms with Crippen LogP contribution in [0.15, 0.2) is 12.3 Å². The lowest BCUT2D eigenvalue weighted by atomic mass is 10.2. The fourth-order valence-electron chi connectivity index (χ4n) is 2.08. The number of ether oxygens (including phenoxy) is 1. The number of halogens is 1. The summed E-state index contributed by atoms with van der Waals surface area (Å²) in [5.74, 6) is 0.236. The van der Waals surface area contributed by atoms with E-state index in [0.717, 1.165) is 25.2 Å². The van der Waals surface area contributed by atoms with Crippen molar-refractivity contribution in [3.05, 3.63) is 23.6 Å². The summed E-state index contributed by atoms with van der Waals surface area (Å²) in [5, 5.41) is 3.36. The van der Waals surface area contributed by atoms with Crippen molar-refractivity contribution in [2.24, 2.45) is 0 Å². The summed E-state index contributed by atoms with van der Waals surface area (Å²) in [4.78, 5) is 6.35. The summed E-state index contributed by atoms with van der Waals surface area (Å²) in [6.07, 6.45) is 3.63.